The molecule has 0 spiro atoms. The van der Waals surface area contributed by atoms with Crippen molar-refractivity contribution in [3.05, 3.63) is 100 Å². The lowest BCUT2D eigenvalue weighted by Gasteiger charge is -2.42. The average Bonchev–Trinajstić information content (AvgIpc) is 2.82. The number of unbranched alkanes of at least 4 members (excludes halogenated alkanes) is 1. The Balaban J connectivity index is 1.77. The van der Waals surface area contributed by atoms with E-state index >= 15 is 0 Å². The van der Waals surface area contributed by atoms with Crippen molar-refractivity contribution in [3.8, 4) is 0 Å². The molecule has 32 heavy (non-hydrogen) atoms. The number of rotatable bonds is 7. The Morgan fingerprint density at radius 3 is 2.72 bits per heavy atom. The Bertz CT molecular complexity index is 1100. The van der Waals surface area contributed by atoms with Gasteiger partial charge in [-0.05, 0) is 47.4 Å². The van der Waals surface area contributed by atoms with Gasteiger partial charge >= 0.3 is 0 Å². The molecule has 1 aliphatic heterocycles. The lowest BCUT2D eigenvalue weighted by Crippen LogP contribution is -2.47. The monoisotopic (exact) mass is 447 g/mol. The molecule has 0 bridgehead atoms. The predicted octanol–water partition coefficient (Wildman–Crippen LogP) is 5.13. The standard InChI is InChI=1S/C26H26ClN3O2/c1-2-3-14-30-24(19-9-6-10-20(27)15-19)23(21-11-4-5-12-22(21)26(30)32)25(31)29-17-18-8-7-13-28-16-18/h4-13,15-16,23-24H,2-3,14,17H2,1H3,(H,29,31)/t23-,24+/m0/s1. The SMILES string of the molecule is CCCCN1C(=O)c2ccccc2[C@H](C(=O)NCc2cccnc2)[C@H]1c1cccc(Cl)c1. The van der Waals surface area contributed by atoms with Crippen LogP contribution in [-0.4, -0.2) is 28.2 Å². The number of pyridine rings is 1. The molecule has 2 heterocycles. The zero-order valence-corrected chi connectivity index (χ0v) is 18.8. The van der Waals surface area contributed by atoms with Gasteiger partial charge in [0, 0.05) is 36.1 Å². The van der Waals surface area contributed by atoms with E-state index in [2.05, 4.69) is 17.2 Å². The summed E-state index contributed by atoms with van der Waals surface area (Å²) in [4.78, 5) is 33.1. The number of nitrogens with one attached hydrogen (secondary N) is 1. The second kappa shape index (κ2) is 9.96. The van der Waals surface area contributed by atoms with Crippen LogP contribution in [-0.2, 0) is 11.3 Å². The molecule has 2 aromatic carbocycles. The minimum atomic E-state index is -0.545. The highest BCUT2D eigenvalue weighted by Crippen LogP contribution is 2.43. The van der Waals surface area contributed by atoms with E-state index < -0.39 is 12.0 Å². The molecule has 6 heteroatoms. The number of carbonyl (C=O) groups excluding carboxylic acids is 2. The third kappa shape index (κ3) is 4.53. The van der Waals surface area contributed by atoms with Crippen molar-refractivity contribution in [1.29, 1.82) is 0 Å². The van der Waals surface area contributed by atoms with Gasteiger partial charge in [-0.25, -0.2) is 0 Å². The summed E-state index contributed by atoms with van der Waals surface area (Å²) in [6.07, 6.45) is 5.25. The second-order valence-corrected chi connectivity index (χ2v) is 8.43. The highest BCUT2D eigenvalue weighted by molar-refractivity contribution is 6.30. The minimum Gasteiger partial charge on any atom is -0.351 e. The first-order chi connectivity index (χ1) is 15.6. The third-order valence-corrected chi connectivity index (χ3v) is 6.09. The number of halogens is 1. The minimum absolute atomic E-state index is 0.0460. The van der Waals surface area contributed by atoms with Gasteiger partial charge in [0.1, 0.15) is 0 Å². The molecule has 0 aliphatic carbocycles. The molecular weight excluding hydrogens is 422 g/mol. The predicted molar refractivity (Wildman–Crippen MR) is 125 cm³/mol. The van der Waals surface area contributed by atoms with E-state index in [0.29, 0.717) is 23.7 Å². The number of hydrogen-bond acceptors (Lipinski definition) is 3. The summed E-state index contributed by atoms with van der Waals surface area (Å²) in [7, 11) is 0. The van der Waals surface area contributed by atoms with Gasteiger partial charge in [0.2, 0.25) is 5.91 Å². The molecule has 0 saturated carbocycles. The Morgan fingerprint density at radius 2 is 1.97 bits per heavy atom. The second-order valence-electron chi connectivity index (χ2n) is 8.00. The van der Waals surface area contributed by atoms with E-state index in [4.69, 9.17) is 11.6 Å². The van der Waals surface area contributed by atoms with Crippen molar-refractivity contribution in [2.75, 3.05) is 6.54 Å². The molecule has 2 atom stereocenters. The van der Waals surface area contributed by atoms with Crippen molar-refractivity contribution < 1.29 is 9.59 Å². The summed E-state index contributed by atoms with van der Waals surface area (Å²) in [6.45, 7) is 3.04. The molecule has 0 radical (unpaired) electrons. The number of nitrogens with zero attached hydrogens (tertiary/aromatic N) is 2. The van der Waals surface area contributed by atoms with Crippen molar-refractivity contribution in [3.63, 3.8) is 0 Å². The van der Waals surface area contributed by atoms with Gasteiger partial charge in [0.25, 0.3) is 5.91 Å². The number of benzene rings is 2. The highest BCUT2D eigenvalue weighted by Gasteiger charge is 2.43. The average molecular weight is 448 g/mol. The molecule has 1 aromatic heterocycles. The van der Waals surface area contributed by atoms with E-state index in [1.165, 1.54) is 0 Å². The Morgan fingerprint density at radius 1 is 1.12 bits per heavy atom. The zero-order chi connectivity index (χ0) is 22.5. The summed E-state index contributed by atoms with van der Waals surface area (Å²) in [5, 5.41) is 3.65. The largest absolute Gasteiger partial charge is 0.351 e. The summed E-state index contributed by atoms with van der Waals surface area (Å²) in [5.74, 6) is -0.716. The summed E-state index contributed by atoms with van der Waals surface area (Å²) < 4.78 is 0. The normalized spacial score (nSPS) is 17.7. The zero-order valence-electron chi connectivity index (χ0n) is 18.0. The van der Waals surface area contributed by atoms with Crippen LogP contribution in [0.5, 0.6) is 0 Å². The molecule has 0 unspecified atom stereocenters. The molecule has 1 aliphatic rings. The van der Waals surface area contributed by atoms with E-state index in [9.17, 15) is 9.59 Å². The lowest BCUT2D eigenvalue weighted by atomic mass is 9.79. The fourth-order valence-corrected chi connectivity index (χ4v) is 4.51. The summed E-state index contributed by atoms with van der Waals surface area (Å²) in [5.41, 5.74) is 3.11. The van der Waals surface area contributed by atoms with Crippen LogP contribution in [0, 0.1) is 0 Å². The summed E-state index contributed by atoms with van der Waals surface area (Å²) in [6, 6.07) is 18.2. The van der Waals surface area contributed by atoms with Crippen LogP contribution < -0.4 is 5.32 Å². The van der Waals surface area contributed by atoms with E-state index in [1.54, 1.807) is 18.5 Å². The summed E-state index contributed by atoms with van der Waals surface area (Å²) >= 11 is 6.31. The fourth-order valence-electron chi connectivity index (χ4n) is 4.31. The fraction of sp³-hybridized carbons (Fsp3) is 0.269. The maximum absolute atomic E-state index is 13.6. The smallest absolute Gasteiger partial charge is 0.254 e. The van der Waals surface area contributed by atoms with Gasteiger partial charge < -0.3 is 10.2 Å². The molecule has 164 valence electrons. The van der Waals surface area contributed by atoms with Gasteiger partial charge in [-0.2, -0.15) is 0 Å². The van der Waals surface area contributed by atoms with E-state index in [-0.39, 0.29) is 11.8 Å². The molecule has 2 amide bonds. The first-order valence-corrected chi connectivity index (χ1v) is 11.3. The molecule has 0 fully saturated rings. The maximum atomic E-state index is 13.6. The van der Waals surface area contributed by atoms with Crippen molar-refractivity contribution >= 4 is 23.4 Å². The van der Waals surface area contributed by atoms with Crippen LogP contribution in [0.1, 0.15) is 58.8 Å². The number of aromatic nitrogens is 1. The van der Waals surface area contributed by atoms with Crippen molar-refractivity contribution in [2.45, 2.75) is 38.3 Å². The maximum Gasteiger partial charge on any atom is 0.254 e. The van der Waals surface area contributed by atoms with Gasteiger partial charge in [-0.15, -0.1) is 0 Å². The van der Waals surface area contributed by atoms with Gasteiger partial charge in [-0.3, -0.25) is 14.6 Å². The third-order valence-electron chi connectivity index (χ3n) is 5.85. The first-order valence-electron chi connectivity index (χ1n) is 10.9. The van der Waals surface area contributed by atoms with Crippen LogP contribution in [0.25, 0.3) is 0 Å². The van der Waals surface area contributed by atoms with Crippen molar-refractivity contribution in [1.82, 2.24) is 15.2 Å². The van der Waals surface area contributed by atoms with E-state index in [1.807, 2.05) is 59.5 Å². The Labute approximate surface area is 193 Å². The molecule has 3 aromatic rings. The molecule has 5 nitrogen and oxygen atoms in total. The topological polar surface area (TPSA) is 62.3 Å². The van der Waals surface area contributed by atoms with Crippen LogP contribution >= 0.6 is 11.6 Å². The number of carbonyl (C=O) groups is 2. The van der Waals surface area contributed by atoms with Crippen LogP contribution in [0.15, 0.2) is 73.1 Å². The van der Waals surface area contributed by atoms with Crippen LogP contribution in [0.3, 0.4) is 0 Å². The molecular formula is C26H26ClN3O2. The van der Waals surface area contributed by atoms with E-state index in [0.717, 1.165) is 29.5 Å². The first kappa shape index (κ1) is 22.0. The van der Waals surface area contributed by atoms with Crippen molar-refractivity contribution in [2.24, 2.45) is 0 Å². The Kier molecular flexibility index (Phi) is 6.86. The quantitative estimate of drug-likeness (QED) is 0.546. The molecule has 0 saturated heterocycles. The lowest BCUT2D eigenvalue weighted by molar-refractivity contribution is -0.124. The molecule has 4 rings (SSSR count). The number of hydrogen-bond donors (Lipinski definition) is 1. The Hall–Kier alpha value is -3.18. The number of amides is 2. The molecule has 1 N–H and O–H groups in total. The highest BCUT2D eigenvalue weighted by atomic mass is 35.5. The van der Waals surface area contributed by atoms with Crippen LogP contribution in [0.4, 0.5) is 0 Å². The van der Waals surface area contributed by atoms with Gasteiger partial charge in [0.05, 0.1) is 12.0 Å². The van der Waals surface area contributed by atoms with Gasteiger partial charge in [0.15, 0.2) is 0 Å². The van der Waals surface area contributed by atoms with Gasteiger partial charge in [-0.1, -0.05) is 61.3 Å². The number of fused-ring (bicyclic) bond motifs is 1. The van der Waals surface area contributed by atoms with Crippen LogP contribution in [0.2, 0.25) is 5.02 Å².